The molecule has 0 saturated carbocycles. The molecule has 1 aliphatic rings. The fourth-order valence-electron chi connectivity index (χ4n) is 2.17. The number of aliphatic carboxylic acids is 1. The van der Waals surface area contributed by atoms with E-state index in [1.165, 1.54) is 11.1 Å². The Balaban J connectivity index is 2.25. The Morgan fingerprint density at radius 1 is 1.55 bits per heavy atom. The Morgan fingerprint density at radius 3 is 2.95 bits per heavy atom. The maximum atomic E-state index is 12.4. The molecule has 1 fully saturated rings. The highest BCUT2D eigenvalue weighted by Crippen LogP contribution is 2.14. The van der Waals surface area contributed by atoms with Crippen molar-refractivity contribution in [2.24, 2.45) is 0 Å². The fourth-order valence-corrected chi connectivity index (χ4v) is 2.17. The minimum atomic E-state index is -1.12. The van der Waals surface area contributed by atoms with Gasteiger partial charge in [0.2, 0.25) is 5.91 Å². The van der Waals surface area contributed by atoms with Crippen LogP contribution in [0.4, 0.5) is 0 Å². The van der Waals surface area contributed by atoms with Gasteiger partial charge < -0.3 is 15.3 Å². The van der Waals surface area contributed by atoms with Crippen molar-refractivity contribution in [3.63, 3.8) is 0 Å². The van der Waals surface area contributed by atoms with Gasteiger partial charge in [-0.15, -0.1) is 0 Å². The van der Waals surface area contributed by atoms with E-state index in [1.54, 1.807) is 19.1 Å². The second-order valence-corrected chi connectivity index (χ2v) is 4.59. The van der Waals surface area contributed by atoms with Crippen molar-refractivity contribution in [1.29, 1.82) is 0 Å². The number of amides is 2. The normalized spacial score (nSPS) is 18.6. The van der Waals surface area contributed by atoms with Crippen molar-refractivity contribution in [1.82, 2.24) is 15.2 Å². The zero-order chi connectivity index (χ0) is 14.7. The molecule has 106 valence electrons. The topological polar surface area (TPSA) is 99.6 Å². The van der Waals surface area contributed by atoms with Gasteiger partial charge >= 0.3 is 5.97 Å². The molecule has 1 unspecified atom stereocenters. The molecule has 0 bridgehead atoms. The largest absolute Gasteiger partial charge is 0.481 e. The van der Waals surface area contributed by atoms with Gasteiger partial charge in [-0.3, -0.25) is 19.4 Å². The number of carboxylic acid groups (broad SMARTS) is 1. The SMILES string of the molecule is Cc1cc(C(=O)N2CCNC(=O)C2CC(=O)O)ccn1. The van der Waals surface area contributed by atoms with Crippen molar-refractivity contribution in [3.05, 3.63) is 29.6 Å². The first-order valence-electron chi connectivity index (χ1n) is 6.22. The minimum Gasteiger partial charge on any atom is -0.481 e. The van der Waals surface area contributed by atoms with Crippen LogP contribution >= 0.6 is 0 Å². The number of nitrogens with one attached hydrogen (secondary N) is 1. The van der Waals surface area contributed by atoms with Crippen LogP contribution in [0.3, 0.4) is 0 Å². The molecule has 7 nitrogen and oxygen atoms in total. The van der Waals surface area contributed by atoms with Gasteiger partial charge in [0, 0.05) is 30.5 Å². The summed E-state index contributed by atoms with van der Waals surface area (Å²) in [6.07, 6.45) is 1.11. The van der Waals surface area contributed by atoms with E-state index in [-0.39, 0.29) is 5.91 Å². The lowest BCUT2D eigenvalue weighted by atomic mass is 10.1. The third-order valence-corrected chi connectivity index (χ3v) is 3.10. The number of carbonyl (C=O) groups excluding carboxylic acids is 2. The average molecular weight is 277 g/mol. The fraction of sp³-hybridized carbons (Fsp3) is 0.385. The predicted molar refractivity (Wildman–Crippen MR) is 69.1 cm³/mol. The summed E-state index contributed by atoms with van der Waals surface area (Å²) >= 11 is 0. The number of nitrogens with zero attached hydrogens (tertiary/aromatic N) is 2. The van der Waals surface area contributed by atoms with E-state index in [1.807, 2.05) is 0 Å². The summed E-state index contributed by atoms with van der Waals surface area (Å²) in [6, 6.07) is 2.20. The molecule has 0 aliphatic carbocycles. The quantitative estimate of drug-likeness (QED) is 0.797. The zero-order valence-electron chi connectivity index (χ0n) is 11.0. The zero-order valence-corrected chi connectivity index (χ0v) is 11.0. The summed E-state index contributed by atoms with van der Waals surface area (Å²) in [6.45, 7) is 2.38. The Hall–Kier alpha value is -2.44. The van der Waals surface area contributed by atoms with Crippen LogP contribution in [0.1, 0.15) is 22.5 Å². The van der Waals surface area contributed by atoms with Gasteiger partial charge in [0.15, 0.2) is 0 Å². The van der Waals surface area contributed by atoms with Crippen LogP contribution < -0.4 is 5.32 Å². The molecule has 0 aromatic carbocycles. The Kier molecular flexibility index (Phi) is 3.97. The molecule has 2 rings (SSSR count). The number of aryl methyl sites for hydroxylation is 1. The number of carbonyl (C=O) groups is 3. The number of carboxylic acids is 1. The van der Waals surface area contributed by atoms with E-state index in [0.717, 1.165) is 0 Å². The van der Waals surface area contributed by atoms with Gasteiger partial charge in [0.1, 0.15) is 6.04 Å². The molecule has 1 aliphatic heterocycles. The maximum absolute atomic E-state index is 12.4. The lowest BCUT2D eigenvalue weighted by Gasteiger charge is -2.34. The van der Waals surface area contributed by atoms with Crippen LogP contribution in [0.25, 0.3) is 0 Å². The second kappa shape index (κ2) is 5.68. The average Bonchev–Trinajstić information content (AvgIpc) is 2.40. The van der Waals surface area contributed by atoms with Crippen LogP contribution in [-0.4, -0.2) is 51.9 Å². The first-order chi connectivity index (χ1) is 9.49. The molecule has 2 N–H and O–H groups in total. The summed E-state index contributed by atoms with van der Waals surface area (Å²) in [4.78, 5) is 40.3. The highest BCUT2D eigenvalue weighted by atomic mass is 16.4. The first kappa shape index (κ1) is 14.0. The summed E-state index contributed by atoms with van der Waals surface area (Å²) in [5.41, 5.74) is 1.09. The summed E-state index contributed by atoms with van der Waals surface area (Å²) in [5.74, 6) is -1.90. The van der Waals surface area contributed by atoms with E-state index in [2.05, 4.69) is 10.3 Å². The molecule has 0 radical (unpaired) electrons. The number of hydrogen-bond acceptors (Lipinski definition) is 4. The van der Waals surface area contributed by atoms with Gasteiger partial charge in [-0.05, 0) is 19.1 Å². The summed E-state index contributed by atoms with van der Waals surface area (Å²) in [7, 11) is 0. The van der Waals surface area contributed by atoms with Crippen LogP contribution in [0.5, 0.6) is 0 Å². The van der Waals surface area contributed by atoms with Gasteiger partial charge in [-0.2, -0.15) is 0 Å². The molecule has 2 amide bonds. The summed E-state index contributed by atoms with van der Waals surface area (Å²) < 4.78 is 0. The molecular formula is C13H15N3O4. The van der Waals surface area contributed by atoms with E-state index in [4.69, 9.17) is 5.11 Å². The smallest absolute Gasteiger partial charge is 0.305 e. The second-order valence-electron chi connectivity index (χ2n) is 4.59. The highest BCUT2D eigenvalue weighted by Gasteiger charge is 2.35. The molecule has 0 spiro atoms. The molecular weight excluding hydrogens is 262 g/mol. The number of hydrogen-bond donors (Lipinski definition) is 2. The Morgan fingerprint density at radius 2 is 2.30 bits per heavy atom. The third kappa shape index (κ3) is 2.93. The molecule has 1 aromatic rings. The van der Waals surface area contributed by atoms with Crippen molar-refractivity contribution < 1.29 is 19.5 Å². The minimum absolute atomic E-state index is 0.296. The molecule has 7 heteroatoms. The van der Waals surface area contributed by atoms with Gasteiger partial charge in [-0.1, -0.05) is 0 Å². The van der Waals surface area contributed by atoms with Crippen molar-refractivity contribution in [2.75, 3.05) is 13.1 Å². The lowest BCUT2D eigenvalue weighted by molar-refractivity contribution is -0.142. The van der Waals surface area contributed by atoms with E-state index in [0.29, 0.717) is 24.3 Å². The first-order valence-corrected chi connectivity index (χ1v) is 6.22. The van der Waals surface area contributed by atoms with Gasteiger partial charge in [-0.25, -0.2) is 0 Å². The molecule has 2 heterocycles. The van der Waals surface area contributed by atoms with Crippen molar-refractivity contribution in [2.45, 2.75) is 19.4 Å². The number of pyridine rings is 1. The van der Waals surface area contributed by atoms with E-state index in [9.17, 15) is 14.4 Å². The molecule has 1 saturated heterocycles. The number of rotatable bonds is 3. The molecule has 1 atom stereocenters. The van der Waals surface area contributed by atoms with Gasteiger partial charge in [0.25, 0.3) is 5.91 Å². The summed E-state index contributed by atoms with van der Waals surface area (Å²) in [5, 5.41) is 11.4. The van der Waals surface area contributed by atoms with Crippen molar-refractivity contribution >= 4 is 17.8 Å². The van der Waals surface area contributed by atoms with Gasteiger partial charge in [0.05, 0.1) is 6.42 Å². The standard InChI is InChI=1S/C13H15N3O4/c1-8-6-9(2-3-14-8)13(20)16-5-4-15-12(19)10(16)7-11(17)18/h2-3,6,10H,4-5,7H2,1H3,(H,15,19)(H,17,18). The van der Waals surface area contributed by atoms with Crippen LogP contribution in [0, 0.1) is 6.92 Å². The monoisotopic (exact) mass is 277 g/mol. The highest BCUT2D eigenvalue weighted by molar-refractivity contribution is 5.99. The van der Waals surface area contributed by atoms with Crippen LogP contribution in [0.2, 0.25) is 0 Å². The molecule has 1 aromatic heterocycles. The van der Waals surface area contributed by atoms with E-state index < -0.39 is 24.3 Å². The lowest BCUT2D eigenvalue weighted by Crippen LogP contribution is -2.57. The number of piperazine rings is 1. The van der Waals surface area contributed by atoms with Crippen molar-refractivity contribution in [3.8, 4) is 0 Å². The van der Waals surface area contributed by atoms with Crippen LogP contribution in [-0.2, 0) is 9.59 Å². The van der Waals surface area contributed by atoms with Crippen LogP contribution in [0.15, 0.2) is 18.3 Å². The van der Waals surface area contributed by atoms with E-state index >= 15 is 0 Å². The third-order valence-electron chi connectivity index (χ3n) is 3.10. The number of aromatic nitrogens is 1. The Labute approximate surface area is 115 Å². The Bertz CT molecular complexity index is 558. The predicted octanol–water partition coefficient (Wildman–Crippen LogP) is -0.195. The molecule has 20 heavy (non-hydrogen) atoms. The maximum Gasteiger partial charge on any atom is 0.305 e.